The number of ether oxygens (including phenoxy) is 1. The molecule has 0 atom stereocenters. The third-order valence-electron chi connectivity index (χ3n) is 3.79. The van der Waals surface area contributed by atoms with Crippen LogP contribution >= 0.6 is 15.9 Å². The lowest BCUT2D eigenvalue weighted by Gasteiger charge is -2.16. The SMILES string of the molecule is O=C(OCC1CC=CC1)c1c(Br)nc2n1CCCC2. The van der Waals surface area contributed by atoms with Gasteiger partial charge in [0.2, 0.25) is 0 Å². The predicted octanol–water partition coefficient (Wildman–Crippen LogP) is 3.10. The first-order valence-electron chi connectivity index (χ1n) is 6.82. The molecule has 1 aromatic heterocycles. The number of imidazole rings is 1. The van der Waals surface area contributed by atoms with Crippen LogP contribution in [-0.2, 0) is 17.7 Å². The van der Waals surface area contributed by atoms with E-state index in [0.717, 1.165) is 44.5 Å². The van der Waals surface area contributed by atoms with E-state index in [9.17, 15) is 4.79 Å². The zero-order valence-corrected chi connectivity index (χ0v) is 12.4. The predicted molar refractivity (Wildman–Crippen MR) is 75.0 cm³/mol. The van der Waals surface area contributed by atoms with Gasteiger partial charge in [-0.25, -0.2) is 9.78 Å². The van der Waals surface area contributed by atoms with Crippen molar-refractivity contribution in [3.8, 4) is 0 Å². The summed E-state index contributed by atoms with van der Waals surface area (Å²) in [4.78, 5) is 16.6. The van der Waals surface area contributed by atoms with Crippen molar-refractivity contribution < 1.29 is 9.53 Å². The van der Waals surface area contributed by atoms with Gasteiger partial charge in [-0.15, -0.1) is 0 Å². The van der Waals surface area contributed by atoms with Crippen LogP contribution in [0.2, 0.25) is 0 Å². The molecule has 0 unspecified atom stereocenters. The second kappa shape index (κ2) is 5.49. The van der Waals surface area contributed by atoms with Gasteiger partial charge in [0.15, 0.2) is 5.69 Å². The number of fused-ring (bicyclic) bond motifs is 1. The van der Waals surface area contributed by atoms with E-state index >= 15 is 0 Å². The second-order valence-corrected chi connectivity index (χ2v) is 5.93. The minimum absolute atomic E-state index is 0.251. The quantitative estimate of drug-likeness (QED) is 0.634. The Kier molecular flexibility index (Phi) is 3.73. The highest BCUT2D eigenvalue weighted by atomic mass is 79.9. The second-order valence-electron chi connectivity index (χ2n) is 5.18. The van der Waals surface area contributed by atoms with Crippen LogP contribution in [0.5, 0.6) is 0 Å². The number of aryl methyl sites for hydroxylation is 1. The Hall–Kier alpha value is -1.10. The number of aromatic nitrogens is 2. The van der Waals surface area contributed by atoms with Gasteiger partial charge in [-0.05, 0) is 47.5 Å². The Morgan fingerprint density at radius 2 is 2.21 bits per heavy atom. The molecule has 1 aliphatic heterocycles. The Morgan fingerprint density at radius 3 is 3.00 bits per heavy atom. The molecule has 0 fully saturated rings. The number of carbonyl (C=O) groups is 1. The molecule has 2 aliphatic rings. The van der Waals surface area contributed by atoms with Crippen LogP contribution in [-0.4, -0.2) is 22.1 Å². The summed E-state index contributed by atoms with van der Waals surface area (Å²) in [7, 11) is 0. The van der Waals surface area contributed by atoms with E-state index in [-0.39, 0.29) is 5.97 Å². The largest absolute Gasteiger partial charge is 0.461 e. The number of nitrogens with zero attached hydrogens (tertiary/aromatic N) is 2. The molecule has 0 aromatic carbocycles. The van der Waals surface area contributed by atoms with E-state index in [1.54, 1.807) is 0 Å². The summed E-state index contributed by atoms with van der Waals surface area (Å²) in [6.07, 6.45) is 9.51. The third-order valence-corrected chi connectivity index (χ3v) is 4.34. The van der Waals surface area contributed by atoms with Crippen LogP contribution in [0.1, 0.15) is 42.0 Å². The van der Waals surface area contributed by atoms with Crippen molar-refractivity contribution in [2.45, 2.75) is 38.6 Å². The molecule has 2 heterocycles. The summed E-state index contributed by atoms with van der Waals surface area (Å²) in [5.41, 5.74) is 0.584. The van der Waals surface area contributed by atoms with Crippen molar-refractivity contribution in [3.05, 3.63) is 28.3 Å². The van der Waals surface area contributed by atoms with Crippen molar-refractivity contribution in [1.29, 1.82) is 0 Å². The maximum absolute atomic E-state index is 12.2. The summed E-state index contributed by atoms with van der Waals surface area (Å²) >= 11 is 3.39. The molecule has 1 aliphatic carbocycles. The van der Waals surface area contributed by atoms with E-state index in [4.69, 9.17) is 4.74 Å². The average molecular weight is 325 g/mol. The van der Waals surface area contributed by atoms with Gasteiger partial charge >= 0.3 is 5.97 Å². The van der Waals surface area contributed by atoms with Gasteiger partial charge in [0.1, 0.15) is 10.4 Å². The van der Waals surface area contributed by atoms with Crippen molar-refractivity contribution in [2.24, 2.45) is 5.92 Å². The van der Waals surface area contributed by atoms with Crippen LogP contribution in [0.25, 0.3) is 0 Å². The van der Waals surface area contributed by atoms with Gasteiger partial charge in [-0.1, -0.05) is 12.2 Å². The lowest BCUT2D eigenvalue weighted by Crippen LogP contribution is -2.19. The Balaban J connectivity index is 1.70. The third kappa shape index (κ3) is 2.61. The molecule has 4 nitrogen and oxygen atoms in total. The molecule has 19 heavy (non-hydrogen) atoms. The minimum atomic E-state index is -0.251. The topological polar surface area (TPSA) is 44.1 Å². The lowest BCUT2D eigenvalue weighted by molar-refractivity contribution is 0.0431. The number of hydrogen-bond acceptors (Lipinski definition) is 3. The highest BCUT2D eigenvalue weighted by molar-refractivity contribution is 9.10. The highest BCUT2D eigenvalue weighted by Crippen LogP contribution is 2.25. The molecule has 0 saturated heterocycles. The first-order chi connectivity index (χ1) is 9.25. The highest BCUT2D eigenvalue weighted by Gasteiger charge is 2.25. The fourth-order valence-electron chi connectivity index (χ4n) is 2.72. The van der Waals surface area contributed by atoms with Crippen LogP contribution < -0.4 is 0 Å². The normalized spacial score (nSPS) is 18.6. The fourth-order valence-corrected chi connectivity index (χ4v) is 3.30. The van der Waals surface area contributed by atoms with Gasteiger partial charge in [-0.2, -0.15) is 0 Å². The van der Waals surface area contributed by atoms with Crippen molar-refractivity contribution in [2.75, 3.05) is 6.61 Å². The lowest BCUT2D eigenvalue weighted by atomic mass is 10.1. The van der Waals surface area contributed by atoms with Crippen molar-refractivity contribution >= 4 is 21.9 Å². The van der Waals surface area contributed by atoms with Crippen LogP contribution in [0.4, 0.5) is 0 Å². The number of carbonyl (C=O) groups excluding carboxylic acids is 1. The summed E-state index contributed by atoms with van der Waals surface area (Å²) in [6.45, 7) is 1.36. The molecule has 0 amide bonds. The number of halogens is 1. The molecule has 5 heteroatoms. The Morgan fingerprint density at radius 1 is 1.42 bits per heavy atom. The number of esters is 1. The Bertz CT molecular complexity index is 514. The molecule has 0 spiro atoms. The van der Waals surface area contributed by atoms with Crippen LogP contribution in [0.3, 0.4) is 0 Å². The van der Waals surface area contributed by atoms with Crippen LogP contribution in [0.15, 0.2) is 16.8 Å². The van der Waals surface area contributed by atoms with Gasteiger partial charge < -0.3 is 9.30 Å². The van der Waals surface area contributed by atoms with E-state index in [0.29, 0.717) is 22.8 Å². The first kappa shape index (κ1) is 12.9. The van der Waals surface area contributed by atoms with Gasteiger partial charge in [0.25, 0.3) is 0 Å². The van der Waals surface area contributed by atoms with E-state index in [1.165, 1.54) is 0 Å². The molecule has 1 aromatic rings. The zero-order chi connectivity index (χ0) is 13.2. The van der Waals surface area contributed by atoms with E-state index in [1.807, 2.05) is 4.57 Å². The molecular formula is C14H17BrN2O2. The van der Waals surface area contributed by atoms with E-state index in [2.05, 4.69) is 33.1 Å². The smallest absolute Gasteiger partial charge is 0.357 e. The number of allylic oxidation sites excluding steroid dienone is 2. The maximum atomic E-state index is 12.2. The minimum Gasteiger partial charge on any atom is -0.461 e. The van der Waals surface area contributed by atoms with Gasteiger partial charge in [0.05, 0.1) is 6.61 Å². The van der Waals surface area contributed by atoms with Gasteiger partial charge in [0, 0.05) is 13.0 Å². The standard InChI is InChI=1S/C14H17BrN2O2/c15-13-12(17-8-4-3-7-11(17)16-13)14(18)19-9-10-5-1-2-6-10/h1-2,10H,3-9H2. The summed E-state index contributed by atoms with van der Waals surface area (Å²) in [5.74, 6) is 1.19. The fraction of sp³-hybridized carbons (Fsp3) is 0.571. The zero-order valence-electron chi connectivity index (χ0n) is 10.8. The summed E-state index contributed by atoms with van der Waals surface area (Å²) in [6, 6.07) is 0. The molecule has 3 rings (SSSR count). The van der Waals surface area contributed by atoms with Gasteiger partial charge in [-0.3, -0.25) is 0 Å². The molecule has 0 N–H and O–H groups in total. The number of hydrogen-bond donors (Lipinski definition) is 0. The molecule has 0 radical (unpaired) electrons. The Labute approximate surface area is 121 Å². The first-order valence-corrected chi connectivity index (χ1v) is 7.62. The van der Waals surface area contributed by atoms with Crippen molar-refractivity contribution in [1.82, 2.24) is 9.55 Å². The molecule has 0 saturated carbocycles. The molecule has 102 valence electrons. The average Bonchev–Trinajstić information content (AvgIpc) is 3.02. The molecule has 0 bridgehead atoms. The maximum Gasteiger partial charge on any atom is 0.357 e. The monoisotopic (exact) mass is 324 g/mol. The summed E-state index contributed by atoms with van der Waals surface area (Å²) in [5, 5.41) is 0. The number of rotatable bonds is 3. The van der Waals surface area contributed by atoms with Crippen molar-refractivity contribution in [3.63, 3.8) is 0 Å². The van der Waals surface area contributed by atoms with E-state index < -0.39 is 0 Å². The molecular weight excluding hydrogens is 308 g/mol. The van der Waals surface area contributed by atoms with Crippen LogP contribution in [0, 0.1) is 5.92 Å². The summed E-state index contributed by atoms with van der Waals surface area (Å²) < 4.78 is 8.07.